The maximum atomic E-state index is 11.4. The van der Waals surface area contributed by atoms with Crippen molar-refractivity contribution in [2.75, 3.05) is 25.1 Å². The van der Waals surface area contributed by atoms with Gasteiger partial charge < -0.3 is 5.32 Å². The first-order chi connectivity index (χ1) is 10.1. The third kappa shape index (κ3) is 6.01. The lowest BCUT2D eigenvalue weighted by Crippen LogP contribution is -2.26. The predicted molar refractivity (Wildman–Crippen MR) is 89.7 cm³/mol. The van der Waals surface area contributed by atoms with Crippen LogP contribution in [0, 0.1) is 5.92 Å². The zero-order chi connectivity index (χ0) is 15.1. The molecule has 0 amide bonds. The van der Waals surface area contributed by atoms with E-state index in [1.54, 1.807) is 23.9 Å². The van der Waals surface area contributed by atoms with E-state index in [9.17, 15) is 8.42 Å². The van der Waals surface area contributed by atoms with E-state index in [1.165, 1.54) is 38.4 Å². The number of benzene rings is 1. The van der Waals surface area contributed by atoms with Crippen LogP contribution in [-0.4, -0.2) is 33.5 Å². The van der Waals surface area contributed by atoms with E-state index >= 15 is 0 Å². The van der Waals surface area contributed by atoms with Crippen LogP contribution in [0.4, 0.5) is 0 Å². The van der Waals surface area contributed by atoms with Crippen molar-refractivity contribution in [1.29, 1.82) is 0 Å². The second-order valence-electron chi connectivity index (χ2n) is 5.80. The van der Waals surface area contributed by atoms with Crippen molar-refractivity contribution in [2.24, 2.45) is 5.92 Å². The Morgan fingerprint density at radius 2 is 1.81 bits per heavy atom. The number of rotatable bonds is 7. The van der Waals surface area contributed by atoms with Crippen LogP contribution in [0.2, 0.25) is 0 Å². The fraction of sp³-hybridized carbons (Fsp3) is 0.625. The van der Waals surface area contributed by atoms with Crippen LogP contribution in [0.5, 0.6) is 0 Å². The van der Waals surface area contributed by atoms with Crippen molar-refractivity contribution < 1.29 is 8.42 Å². The number of sulfone groups is 1. The molecule has 0 radical (unpaired) electrons. The highest BCUT2D eigenvalue weighted by Crippen LogP contribution is 2.23. The summed E-state index contributed by atoms with van der Waals surface area (Å²) < 4.78 is 22.8. The Hall–Kier alpha value is -0.520. The van der Waals surface area contributed by atoms with Crippen LogP contribution < -0.4 is 5.32 Å². The van der Waals surface area contributed by atoms with Crippen molar-refractivity contribution >= 4 is 21.6 Å². The highest BCUT2D eigenvalue weighted by Gasteiger charge is 2.12. The second-order valence-corrected chi connectivity index (χ2v) is 8.98. The van der Waals surface area contributed by atoms with E-state index in [2.05, 4.69) is 5.32 Å². The number of hydrogen-bond acceptors (Lipinski definition) is 4. The molecule has 3 nitrogen and oxygen atoms in total. The molecule has 0 heterocycles. The number of hydrogen-bond donors (Lipinski definition) is 1. The van der Waals surface area contributed by atoms with Gasteiger partial charge in [0.1, 0.15) is 0 Å². The standard InChI is InChI=1S/C16H25NO2S2/c1-21(18,19)16-9-7-15(8-10-16)20-12-11-17-13-14-5-3-2-4-6-14/h7-10,14,17H,2-6,11-13H2,1H3. The largest absolute Gasteiger partial charge is 0.316 e. The molecule has 0 spiro atoms. The van der Waals surface area contributed by atoms with Crippen LogP contribution in [0.1, 0.15) is 32.1 Å². The summed E-state index contributed by atoms with van der Waals surface area (Å²) in [5.74, 6) is 1.89. The number of nitrogens with one attached hydrogen (secondary N) is 1. The van der Waals surface area contributed by atoms with E-state index in [0.717, 1.165) is 29.7 Å². The SMILES string of the molecule is CS(=O)(=O)c1ccc(SCCNCC2CCCCC2)cc1. The maximum Gasteiger partial charge on any atom is 0.175 e. The summed E-state index contributed by atoms with van der Waals surface area (Å²) in [6, 6.07) is 7.16. The van der Waals surface area contributed by atoms with Gasteiger partial charge in [0.05, 0.1) is 4.90 Å². The molecule has 1 saturated carbocycles. The van der Waals surface area contributed by atoms with Gasteiger partial charge in [-0.05, 0) is 49.6 Å². The van der Waals surface area contributed by atoms with Crippen molar-refractivity contribution in [3.8, 4) is 0 Å². The molecule has 118 valence electrons. The van der Waals surface area contributed by atoms with Crippen LogP contribution >= 0.6 is 11.8 Å². The molecule has 0 saturated heterocycles. The summed E-state index contributed by atoms with van der Waals surface area (Å²) in [5, 5.41) is 3.54. The minimum atomic E-state index is -3.08. The van der Waals surface area contributed by atoms with E-state index in [-0.39, 0.29) is 0 Å². The molecule has 1 aromatic rings. The summed E-state index contributed by atoms with van der Waals surface area (Å²) in [4.78, 5) is 1.52. The lowest BCUT2D eigenvalue weighted by atomic mass is 9.89. The van der Waals surface area contributed by atoms with E-state index in [4.69, 9.17) is 0 Å². The minimum absolute atomic E-state index is 0.391. The molecule has 1 fully saturated rings. The fourth-order valence-corrected chi connectivity index (χ4v) is 4.16. The quantitative estimate of drug-likeness (QED) is 0.616. The Bertz CT molecular complexity index is 520. The van der Waals surface area contributed by atoms with Gasteiger partial charge in [-0.25, -0.2) is 8.42 Å². The van der Waals surface area contributed by atoms with E-state index in [1.807, 2.05) is 12.1 Å². The topological polar surface area (TPSA) is 46.2 Å². The summed E-state index contributed by atoms with van der Waals surface area (Å²) in [6.45, 7) is 2.16. The summed E-state index contributed by atoms with van der Waals surface area (Å²) >= 11 is 1.77. The fourth-order valence-electron chi connectivity index (χ4n) is 2.72. The van der Waals surface area contributed by atoms with Gasteiger partial charge in [-0.15, -0.1) is 11.8 Å². The van der Waals surface area contributed by atoms with Crippen molar-refractivity contribution in [2.45, 2.75) is 41.9 Å². The molecule has 21 heavy (non-hydrogen) atoms. The smallest absolute Gasteiger partial charge is 0.175 e. The van der Waals surface area contributed by atoms with Crippen molar-refractivity contribution in [1.82, 2.24) is 5.32 Å². The van der Waals surface area contributed by atoms with Crippen LogP contribution in [0.3, 0.4) is 0 Å². The van der Waals surface area contributed by atoms with Crippen molar-refractivity contribution in [3.05, 3.63) is 24.3 Å². The second kappa shape index (κ2) is 8.20. The molecule has 5 heteroatoms. The van der Waals surface area contributed by atoms with Gasteiger partial charge in [-0.3, -0.25) is 0 Å². The molecule has 2 rings (SSSR count). The third-order valence-electron chi connectivity index (χ3n) is 3.96. The first-order valence-corrected chi connectivity index (χ1v) is 10.6. The molecular formula is C16H25NO2S2. The molecular weight excluding hydrogens is 302 g/mol. The summed E-state index contributed by atoms with van der Waals surface area (Å²) in [6.07, 6.45) is 8.21. The Balaban J connectivity index is 1.64. The number of thioether (sulfide) groups is 1. The Morgan fingerprint density at radius 3 is 2.43 bits per heavy atom. The summed E-state index contributed by atoms with van der Waals surface area (Å²) in [5.41, 5.74) is 0. The average molecular weight is 328 g/mol. The van der Waals surface area contributed by atoms with Gasteiger partial charge in [0, 0.05) is 23.4 Å². The minimum Gasteiger partial charge on any atom is -0.316 e. The van der Waals surface area contributed by atoms with Gasteiger partial charge in [-0.2, -0.15) is 0 Å². The third-order valence-corrected chi connectivity index (χ3v) is 6.10. The van der Waals surface area contributed by atoms with E-state index in [0.29, 0.717) is 4.90 Å². The lowest BCUT2D eigenvalue weighted by Gasteiger charge is -2.21. The molecule has 0 aliphatic heterocycles. The highest BCUT2D eigenvalue weighted by molar-refractivity contribution is 7.99. The average Bonchev–Trinajstić information content (AvgIpc) is 2.47. The zero-order valence-corrected chi connectivity index (χ0v) is 14.3. The van der Waals surface area contributed by atoms with Crippen LogP contribution in [0.15, 0.2) is 34.1 Å². The molecule has 0 bridgehead atoms. The predicted octanol–water partition coefficient (Wildman–Crippen LogP) is 3.35. The van der Waals surface area contributed by atoms with Gasteiger partial charge >= 0.3 is 0 Å². The molecule has 1 aliphatic carbocycles. The molecule has 0 atom stereocenters. The van der Waals surface area contributed by atoms with Crippen LogP contribution in [-0.2, 0) is 9.84 Å². The van der Waals surface area contributed by atoms with Crippen LogP contribution in [0.25, 0.3) is 0 Å². The normalized spacial score (nSPS) is 17.0. The zero-order valence-electron chi connectivity index (χ0n) is 12.7. The Kier molecular flexibility index (Phi) is 6.58. The van der Waals surface area contributed by atoms with E-state index < -0.39 is 9.84 Å². The first kappa shape index (κ1) is 16.8. The molecule has 0 aromatic heterocycles. The first-order valence-electron chi connectivity index (χ1n) is 7.69. The Morgan fingerprint density at radius 1 is 1.14 bits per heavy atom. The summed E-state index contributed by atoms with van der Waals surface area (Å²) in [7, 11) is -3.08. The lowest BCUT2D eigenvalue weighted by molar-refractivity contribution is 0.345. The highest BCUT2D eigenvalue weighted by atomic mass is 32.2. The van der Waals surface area contributed by atoms with Gasteiger partial charge in [0.2, 0.25) is 0 Å². The molecule has 1 aromatic carbocycles. The molecule has 0 unspecified atom stereocenters. The molecule has 1 N–H and O–H groups in total. The van der Waals surface area contributed by atoms with Gasteiger partial charge in [0.15, 0.2) is 9.84 Å². The van der Waals surface area contributed by atoms with Gasteiger partial charge in [0.25, 0.3) is 0 Å². The van der Waals surface area contributed by atoms with Crippen molar-refractivity contribution in [3.63, 3.8) is 0 Å². The van der Waals surface area contributed by atoms with Gasteiger partial charge in [-0.1, -0.05) is 19.3 Å². The Labute approximate surface area is 132 Å². The maximum absolute atomic E-state index is 11.4. The molecule has 1 aliphatic rings. The monoisotopic (exact) mass is 327 g/mol.